The summed E-state index contributed by atoms with van der Waals surface area (Å²) in [5.41, 5.74) is 2.10. The number of quaternary nitrogens is 1. The van der Waals surface area contributed by atoms with Gasteiger partial charge in [-0.3, -0.25) is 9.10 Å². The normalized spacial score (nSPS) is 17.2. The molecule has 1 saturated heterocycles. The summed E-state index contributed by atoms with van der Waals surface area (Å²) < 4.78 is 33.1. The van der Waals surface area contributed by atoms with E-state index in [4.69, 9.17) is 4.74 Å². The fourth-order valence-corrected chi connectivity index (χ4v) is 5.40. The second-order valence-electron chi connectivity index (χ2n) is 7.35. The van der Waals surface area contributed by atoms with Crippen LogP contribution in [0.4, 0.5) is 5.69 Å². The van der Waals surface area contributed by atoms with Gasteiger partial charge in [-0.15, -0.1) is 0 Å². The lowest BCUT2D eigenvalue weighted by Gasteiger charge is -2.23. The SMILES string of the molecule is O=C(NCC[NH+]1CCOCC1)c1cccc(S(=O)(=O)N2CCc3ccccc32)c1. The van der Waals surface area contributed by atoms with E-state index in [1.165, 1.54) is 15.3 Å². The van der Waals surface area contributed by atoms with Crippen LogP contribution in [0.15, 0.2) is 53.4 Å². The summed E-state index contributed by atoms with van der Waals surface area (Å²) in [5.74, 6) is -0.253. The molecule has 0 unspecified atom stereocenters. The lowest BCUT2D eigenvalue weighted by molar-refractivity contribution is -0.906. The Labute approximate surface area is 171 Å². The maximum Gasteiger partial charge on any atom is 0.264 e. The molecule has 2 aromatic rings. The number of para-hydroxylation sites is 1. The van der Waals surface area contributed by atoms with Crippen LogP contribution in [0.25, 0.3) is 0 Å². The van der Waals surface area contributed by atoms with Gasteiger partial charge in [-0.2, -0.15) is 0 Å². The number of fused-ring (bicyclic) bond motifs is 1. The van der Waals surface area contributed by atoms with Crippen LogP contribution in [0.2, 0.25) is 0 Å². The van der Waals surface area contributed by atoms with E-state index in [9.17, 15) is 13.2 Å². The molecule has 2 aromatic carbocycles. The molecule has 0 radical (unpaired) electrons. The van der Waals surface area contributed by atoms with Gasteiger partial charge in [-0.05, 0) is 36.2 Å². The number of carbonyl (C=O) groups excluding carboxylic acids is 1. The van der Waals surface area contributed by atoms with Gasteiger partial charge in [0.05, 0.1) is 36.9 Å². The third-order valence-corrected chi connectivity index (χ3v) is 7.30. The molecule has 7 nitrogen and oxygen atoms in total. The molecule has 2 N–H and O–H groups in total. The Balaban J connectivity index is 1.44. The monoisotopic (exact) mass is 416 g/mol. The number of nitrogens with one attached hydrogen (secondary N) is 2. The summed E-state index contributed by atoms with van der Waals surface area (Å²) in [6.07, 6.45) is 0.694. The van der Waals surface area contributed by atoms with Gasteiger partial charge in [-0.1, -0.05) is 24.3 Å². The molecular weight excluding hydrogens is 390 g/mol. The van der Waals surface area contributed by atoms with Crippen LogP contribution in [0.1, 0.15) is 15.9 Å². The van der Waals surface area contributed by atoms with Crippen LogP contribution in [0, 0.1) is 0 Å². The van der Waals surface area contributed by atoms with Crippen LogP contribution < -0.4 is 14.5 Å². The number of anilines is 1. The average Bonchev–Trinajstić information content (AvgIpc) is 3.19. The predicted octanol–water partition coefficient (Wildman–Crippen LogP) is 0.0829. The zero-order valence-electron chi connectivity index (χ0n) is 16.3. The van der Waals surface area contributed by atoms with E-state index in [2.05, 4.69) is 5.32 Å². The molecule has 8 heteroatoms. The van der Waals surface area contributed by atoms with Gasteiger partial charge in [0.25, 0.3) is 15.9 Å². The Kier molecular flexibility index (Phi) is 5.84. The van der Waals surface area contributed by atoms with E-state index in [-0.39, 0.29) is 10.8 Å². The summed E-state index contributed by atoms with van der Waals surface area (Å²) in [6, 6.07) is 13.8. The molecule has 4 rings (SSSR count). The number of nitrogens with zero attached hydrogens (tertiary/aromatic N) is 1. The van der Waals surface area contributed by atoms with Crippen molar-refractivity contribution >= 4 is 21.6 Å². The zero-order valence-corrected chi connectivity index (χ0v) is 17.1. The van der Waals surface area contributed by atoms with Gasteiger partial charge in [0.2, 0.25) is 0 Å². The number of carbonyl (C=O) groups is 1. The first-order valence-electron chi connectivity index (χ1n) is 9.96. The molecule has 2 aliphatic rings. The molecule has 2 heterocycles. The van der Waals surface area contributed by atoms with Crippen LogP contribution in [0.5, 0.6) is 0 Å². The third-order valence-electron chi connectivity index (χ3n) is 5.49. The highest BCUT2D eigenvalue weighted by molar-refractivity contribution is 7.92. The maximum absolute atomic E-state index is 13.2. The predicted molar refractivity (Wildman–Crippen MR) is 110 cm³/mol. The molecule has 0 saturated carbocycles. The lowest BCUT2D eigenvalue weighted by atomic mass is 10.2. The second kappa shape index (κ2) is 8.52. The number of ether oxygens (including phenoxy) is 1. The van der Waals surface area contributed by atoms with Crippen molar-refractivity contribution in [2.45, 2.75) is 11.3 Å². The molecule has 2 aliphatic heterocycles. The summed E-state index contributed by atoms with van der Waals surface area (Å²) in [7, 11) is -3.71. The van der Waals surface area contributed by atoms with Crippen LogP contribution in [0.3, 0.4) is 0 Å². The van der Waals surface area contributed by atoms with Gasteiger partial charge >= 0.3 is 0 Å². The maximum atomic E-state index is 13.2. The van der Waals surface area contributed by atoms with Crippen LogP contribution in [-0.2, 0) is 21.2 Å². The van der Waals surface area contributed by atoms with Crippen molar-refractivity contribution in [1.29, 1.82) is 0 Å². The number of hydrogen-bond acceptors (Lipinski definition) is 4. The fraction of sp³-hybridized carbons (Fsp3) is 0.381. The minimum absolute atomic E-state index is 0.139. The Morgan fingerprint density at radius 1 is 1.10 bits per heavy atom. The Morgan fingerprint density at radius 2 is 1.90 bits per heavy atom. The van der Waals surface area contributed by atoms with E-state index in [1.807, 2.05) is 24.3 Å². The van der Waals surface area contributed by atoms with E-state index in [1.54, 1.807) is 18.2 Å². The largest absolute Gasteiger partial charge is 0.370 e. The van der Waals surface area contributed by atoms with Gasteiger partial charge in [0.1, 0.15) is 13.1 Å². The van der Waals surface area contributed by atoms with Gasteiger partial charge in [-0.25, -0.2) is 8.42 Å². The third kappa shape index (κ3) is 4.29. The van der Waals surface area contributed by atoms with Crippen molar-refractivity contribution in [3.05, 3.63) is 59.7 Å². The van der Waals surface area contributed by atoms with E-state index in [0.29, 0.717) is 25.1 Å². The summed E-state index contributed by atoms with van der Waals surface area (Å²) in [5, 5.41) is 2.90. The van der Waals surface area contributed by atoms with Crippen molar-refractivity contribution in [2.24, 2.45) is 0 Å². The van der Waals surface area contributed by atoms with E-state index in [0.717, 1.165) is 44.1 Å². The van der Waals surface area contributed by atoms with Crippen LogP contribution in [-0.4, -0.2) is 60.3 Å². The van der Waals surface area contributed by atoms with Crippen LogP contribution >= 0.6 is 0 Å². The second-order valence-corrected chi connectivity index (χ2v) is 9.21. The fourth-order valence-electron chi connectivity index (χ4n) is 3.85. The molecule has 29 heavy (non-hydrogen) atoms. The summed E-state index contributed by atoms with van der Waals surface area (Å²) >= 11 is 0. The first-order chi connectivity index (χ1) is 14.1. The van der Waals surface area contributed by atoms with E-state index >= 15 is 0 Å². The molecule has 154 valence electrons. The molecule has 0 atom stereocenters. The summed E-state index contributed by atoms with van der Waals surface area (Å²) in [4.78, 5) is 14.1. The Hall–Kier alpha value is -2.42. The number of morpholine rings is 1. The van der Waals surface area contributed by atoms with Crippen molar-refractivity contribution in [3.63, 3.8) is 0 Å². The lowest BCUT2D eigenvalue weighted by Crippen LogP contribution is -3.14. The number of amides is 1. The molecule has 1 amide bonds. The first-order valence-corrected chi connectivity index (χ1v) is 11.4. The molecule has 0 aliphatic carbocycles. The number of hydrogen-bond donors (Lipinski definition) is 2. The van der Waals surface area contributed by atoms with E-state index < -0.39 is 10.0 Å². The van der Waals surface area contributed by atoms with Crippen molar-refractivity contribution in [2.75, 3.05) is 50.2 Å². The van der Waals surface area contributed by atoms with Gasteiger partial charge < -0.3 is 15.0 Å². The molecular formula is C21H26N3O4S+. The number of benzene rings is 2. The van der Waals surface area contributed by atoms with Crippen molar-refractivity contribution < 1.29 is 22.8 Å². The van der Waals surface area contributed by atoms with Gasteiger partial charge in [0, 0.05) is 12.1 Å². The Bertz CT molecular complexity index is 987. The smallest absolute Gasteiger partial charge is 0.264 e. The van der Waals surface area contributed by atoms with Crippen molar-refractivity contribution in [3.8, 4) is 0 Å². The molecule has 1 fully saturated rings. The minimum Gasteiger partial charge on any atom is -0.370 e. The molecule has 0 aromatic heterocycles. The Morgan fingerprint density at radius 3 is 2.72 bits per heavy atom. The topological polar surface area (TPSA) is 80.1 Å². The van der Waals surface area contributed by atoms with Crippen molar-refractivity contribution in [1.82, 2.24) is 5.32 Å². The summed E-state index contributed by atoms with van der Waals surface area (Å²) in [6.45, 7) is 5.19. The highest BCUT2D eigenvalue weighted by Gasteiger charge is 2.30. The quantitative estimate of drug-likeness (QED) is 0.699. The average molecular weight is 417 g/mol. The number of rotatable bonds is 6. The van der Waals surface area contributed by atoms with Gasteiger partial charge in [0.15, 0.2) is 0 Å². The molecule has 0 bridgehead atoms. The number of sulfonamides is 1. The minimum atomic E-state index is -3.71. The zero-order chi connectivity index (χ0) is 20.3. The first kappa shape index (κ1) is 19.9. The molecule has 0 spiro atoms. The standard InChI is InChI=1S/C21H25N3O4S/c25-21(22-9-11-23-12-14-28-15-13-23)18-5-3-6-19(16-18)29(26,27)24-10-8-17-4-1-2-7-20(17)24/h1-7,16H,8-15H2,(H,22,25)/p+1. The highest BCUT2D eigenvalue weighted by atomic mass is 32.2. The highest BCUT2D eigenvalue weighted by Crippen LogP contribution is 2.32.